The van der Waals surface area contributed by atoms with Crippen LogP contribution in [0.25, 0.3) is 22.4 Å². The smallest absolute Gasteiger partial charge is 0.180 e. The summed E-state index contributed by atoms with van der Waals surface area (Å²) in [5.74, 6) is 4.91. The Morgan fingerprint density at radius 3 is 2.15 bits per heavy atom. The minimum Gasteiger partial charge on any atom is -0.497 e. The van der Waals surface area contributed by atoms with Gasteiger partial charge in [0, 0.05) is 53.9 Å². The predicted molar refractivity (Wildman–Crippen MR) is 199 cm³/mol. The molecule has 0 saturated heterocycles. The first-order valence-electron chi connectivity index (χ1n) is 15.6. The van der Waals surface area contributed by atoms with E-state index in [1.54, 1.807) is 37.5 Å². The fraction of sp³-hybridized carbons (Fsp3) is 0.441. The molecule has 5 rings (SSSR count). The van der Waals surface area contributed by atoms with Crippen LogP contribution in [0.5, 0.6) is 11.5 Å². The number of anilines is 2. The summed E-state index contributed by atoms with van der Waals surface area (Å²) in [4.78, 5) is 21.3. The molecule has 4 aromatic heterocycles. The van der Waals surface area contributed by atoms with Gasteiger partial charge in [0.25, 0.3) is 0 Å². The molecule has 1 aromatic carbocycles. The molecule has 48 heavy (non-hydrogen) atoms. The van der Waals surface area contributed by atoms with Gasteiger partial charge in [-0.25, -0.2) is 39.7 Å². The van der Waals surface area contributed by atoms with Crippen molar-refractivity contribution in [2.75, 3.05) is 81.4 Å². The van der Waals surface area contributed by atoms with E-state index in [-0.39, 0.29) is 0 Å². The summed E-state index contributed by atoms with van der Waals surface area (Å²) >= 11 is 0. The van der Waals surface area contributed by atoms with Gasteiger partial charge in [0.2, 0.25) is 0 Å². The molecule has 14 heteroatoms. The molecule has 0 spiro atoms. The van der Waals surface area contributed by atoms with Crippen molar-refractivity contribution in [1.29, 1.82) is 0 Å². The first-order chi connectivity index (χ1) is 22.9. The van der Waals surface area contributed by atoms with E-state index >= 15 is 0 Å². The molecular weight excluding hydrogens is 649 g/mol. The lowest BCUT2D eigenvalue weighted by atomic mass is 10.2. The van der Waals surface area contributed by atoms with Crippen molar-refractivity contribution in [2.45, 2.75) is 20.0 Å². The van der Waals surface area contributed by atoms with Crippen LogP contribution in [-0.2, 0) is 29.5 Å². The molecule has 0 amide bonds. The molecule has 4 heterocycles. The average molecular weight is 697 g/mol. The lowest BCUT2D eigenvalue weighted by Crippen LogP contribution is -2.21. The van der Waals surface area contributed by atoms with Gasteiger partial charge in [-0.3, -0.25) is 4.98 Å². The SMILES string of the molecule is COc1cc(OC)cc(N(Cc2nccn2COCCS(C)(C)C)c2ccc3ncc(-c4cnn(COCCS(C)(C)C)c4)nc3n2)c1. The molecule has 0 bridgehead atoms. The zero-order chi connectivity index (χ0) is 34.3. The Bertz CT molecular complexity index is 1780. The Balaban J connectivity index is 1.43. The molecule has 0 aliphatic heterocycles. The van der Waals surface area contributed by atoms with Crippen LogP contribution < -0.4 is 14.4 Å². The zero-order valence-electron chi connectivity index (χ0n) is 29.3. The van der Waals surface area contributed by atoms with Crippen LogP contribution in [0, 0.1) is 0 Å². The van der Waals surface area contributed by atoms with Crippen LogP contribution in [0.1, 0.15) is 5.82 Å². The van der Waals surface area contributed by atoms with E-state index in [2.05, 4.69) is 57.5 Å². The normalized spacial score (nSPS) is 12.8. The molecule has 0 saturated carbocycles. The number of methoxy groups -OCH3 is 2. The second kappa shape index (κ2) is 15.6. The van der Waals surface area contributed by atoms with Crippen LogP contribution in [0.3, 0.4) is 0 Å². The Labute approximate surface area is 286 Å². The van der Waals surface area contributed by atoms with E-state index in [1.807, 2.05) is 47.3 Å². The van der Waals surface area contributed by atoms with E-state index in [0.29, 0.717) is 67.4 Å². The molecule has 0 radical (unpaired) electrons. The molecule has 5 aromatic rings. The number of imidazole rings is 1. The highest BCUT2D eigenvalue weighted by molar-refractivity contribution is 8.32. The van der Waals surface area contributed by atoms with Gasteiger partial charge in [0.1, 0.15) is 42.1 Å². The molecule has 0 fully saturated rings. The van der Waals surface area contributed by atoms with E-state index < -0.39 is 20.1 Å². The maximum absolute atomic E-state index is 6.05. The second-order valence-corrected chi connectivity index (χ2v) is 22.4. The lowest BCUT2D eigenvalue weighted by molar-refractivity contribution is 0.0809. The van der Waals surface area contributed by atoms with Gasteiger partial charge >= 0.3 is 0 Å². The second-order valence-electron chi connectivity index (χ2n) is 13.2. The molecular formula is C34H48N8O4S2. The third-order valence-electron chi connectivity index (χ3n) is 7.48. The standard InChI is InChI=1S/C34H48N8O4S2/c1-43-28-17-27(18-29(19-28)44-2)42(23-33-35-11-12-40(33)24-45-13-15-47(3,4)5)32-10-9-30-34(39-32)38-31(21-36-30)26-20-37-41(22-26)25-46-14-16-48(6,7)8/h9-12,17-22H,13-16,23-25H2,1-8H3. The summed E-state index contributed by atoms with van der Waals surface area (Å²) in [7, 11) is 2.03. The number of nitrogens with zero attached hydrogens (tertiary/aromatic N) is 8. The Hall–Kier alpha value is -3.85. The molecule has 0 aliphatic carbocycles. The van der Waals surface area contributed by atoms with E-state index in [4.69, 9.17) is 28.9 Å². The highest BCUT2D eigenvalue weighted by Crippen LogP contribution is 2.35. The number of hydrogen-bond donors (Lipinski definition) is 0. The van der Waals surface area contributed by atoms with Gasteiger partial charge in [-0.2, -0.15) is 5.10 Å². The van der Waals surface area contributed by atoms with Gasteiger partial charge < -0.3 is 28.4 Å². The average Bonchev–Trinajstić information content (AvgIpc) is 3.72. The first-order valence-corrected chi connectivity index (χ1v) is 21.6. The lowest BCUT2D eigenvalue weighted by Gasteiger charge is -2.26. The molecule has 0 aliphatic rings. The number of fused-ring (bicyclic) bond motifs is 1. The van der Waals surface area contributed by atoms with Crippen LogP contribution in [-0.4, -0.2) is 111 Å². The Morgan fingerprint density at radius 1 is 0.792 bits per heavy atom. The predicted octanol–water partition coefficient (Wildman–Crippen LogP) is 5.78. The van der Waals surface area contributed by atoms with E-state index in [1.165, 1.54) is 0 Å². The number of ether oxygens (including phenoxy) is 4. The first kappa shape index (κ1) is 35.5. The van der Waals surface area contributed by atoms with Crippen LogP contribution in [0.15, 0.2) is 61.3 Å². The maximum atomic E-state index is 6.05. The van der Waals surface area contributed by atoms with Crippen molar-refractivity contribution in [3.63, 3.8) is 0 Å². The molecule has 12 nitrogen and oxygen atoms in total. The largest absolute Gasteiger partial charge is 0.497 e. The Morgan fingerprint density at radius 2 is 1.48 bits per heavy atom. The van der Waals surface area contributed by atoms with Crippen molar-refractivity contribution in [1.82, 2.24) is 34.3 Å². The summed E-state index contributed by atoms with van der Waals surface area (Å²) < 4.78 is 26.9. The minimum atomic E-state index is -0.638. The number of benzene rings is 1. The van der Waals surface area contributed by atoms with Crippen molar-refractivity contribution in [3.05, 3.63) is 67.1 Å². The quantitative estimate of drug-likeness (QED) is 0.111. The number of hydrogen-bond acceptors (Lipinski definition) is 10. The number of aromatic nitrogens is 7. The monoisotopic (exact) mass is 696 g/mol. The third-order valence-corrected chi connectivity index (χ3v) is 10.3. The van der Waals surface area contributed by atoms with Crippen molar-refractivity contribution < 1.29 is 18.9 Å². The van der Waals surface area contributed by atoms with Crippen LogP contribution >= 0.6 is 20.1 Å². The van der Waals surface area contributed by atoms with E-state index in [0.717, 1.165) is 28.6 Å². The number of rotatable bonds is 17. The minimum absolute atomic E-state index is 0.385. The van der Waals surface area contributed by atoms with Crippen molar-refractivity contribution in [3.8, 4) is 22.8 Å². The zero-order valence-corrected chi connectivity index (χ0v) is 30.9. The summed E-state index contributed by atoms with van der Waals surface area (Å²) in [6, 6.07) is 9.61. The van der Waals surface area contributed by atoms with Gasteiger partial charge in [-0.05, 0) is 49.7 Å². The summed E-state index contributed by atoms with van der Waals surface area (Å²) in [6.45, 7) is 2.61. The Kier molecular flexibility index (Phi) is 11.5. The summed E-state index contributed by atoms with van der Waals surface area (Å²) in [5.41, 5.74) is 3.53. The van der Waals surface area contributed by atoms with E-state index in [9.17, 15) is 0 Å². The number of pyridine rings is 1. The third kappa shape index (κ3) is 9.84. The van der Waals surface area contributed by atoms with Crippen molar-refractivity contribution in [2.24, 2.45) is 0 Å². The molecule has 0 atom stereocenters. The van der Waals surface area contributed by atoms with Gasteiger partial charge in [-0.1, -0.05) is 0 Å². The topological polar surface area (TPSA) is 114 Å². The summed E-state index contributed by atoms with van der Waals surface area (Å²) in [6.07, 6.45) is 22.9. The van der Waals surface area contributed by atoms with Gasteiger partial charge in [0.15, 0.2) is 5.65 Å². The van der Waals surface area contributed by atoms with Gasteiger partial charge in [0.05, 0.1) is 57.8 Å². The van der Waals surface area contributed by atoms with Crippen LogP contribution in [0.4, 0.5) is 11.5 Å². The molecule has 0 unspecified atom stereocenters. The summed E-state index contributed by atoms with van der Waals surface area (Å²) in [5, 5.41) is 4.47. The fourth-order valence-electron chi connectivity index (χ4n) is 4.69. The maximum Gasteiger partial charge on any atom is 0.180 e. The fourth-order valence-corrected chi connectivity index (χ4v) is 5.92. The highest BCUT2D eigenvalue weighted by Gasteiger charge is 2.19. The van der Waals surface area contributed by atoms with Gasteiger partial charge in [-0.15, -0.1) is 0 Å². The highest BCUT2D eigenvalue weighted by atomic mass is 32.3. The molecule has 260 valence electrons. The molecule has 0 N–H and O–H groups in total. The van der Waals surface area contributed by atoms with Crippen LogP contribution in [0.2, 0.25) is 0 Å². The van der Waals surface area contributed by atoms with Crippen molar-refractivity contribution >= 4 is 42.7 Å².